The van der Waals surface area contributed by atoms with Gasteiger partial charge in [0.2, 0.25) is 10.1 Å². The number of hydrogen-bond donors (Lipinski definition) is 0. The highest BCUT2D eigenvalue weighted by atomic mass is 32.1. The van der Waals surface area contributed by atoms with Gasteiger partial charge in [-0.3, -0.25) is 0 Å². The van der Waals surface area contributed by atoms with Crippen LogP contribution in [0.2, 0.25) is 0 Å². The summed E-state index contributed by atoms with van der Waals surface area (Å²) in [5.74, 6) is 0.482. The van der Waals surface area contributed by atoms with Gasteiger partial charge >= 0.3 is 6.18 Å². The lowest BCUT2D eigenvalue weighted by Crippen LogP contribution is -2.37. The van der Waals surface area contributed by atoms with Crippen molar-refractivity contribution in [3.8, 4) is 0 Å². The molecule has 0 bridgehead atoms. The Labute approximate surface area is 130 Å². The number of anilines is 1. The van der Waals surface area contributed by atoms with E-state index in [0.717, 1.165) is 32.5 Å². The molecular formula is C13H18F3N3O2S. The fourth-order valence-corrected chi connectivity index (χ4v) is 3.42. The third-order valence-electron chi connectivity index (χ3n) is 3.96. The van der Waals surface area contributed by atoms with E-state index in [0.29, 0.717) is 42.1 Å². The minimum Gasteiger partial charge on any atom is -0.381 e. The summed E-state index contributed by atoms with van der Waals surface area (Å²) in [7, 11) is 0. The van der Waals surface area contributed by atoms with Gasteiger partial charge in [-0.1, -0.05) is 11.3 Å². The highest BCUT2D eigenvalue weighted by molar-refractivity contribution is 7.15. The van der Waals surface area contributed by atoms with E-state index in [1.165, 1.54) is 0 Å². The van der Waals surface area contributed by atoms with Crippen LogP contribution in [0, 0.1) is 5.92 Å². The molecule has 0 amide bonds. The van der Waals surface area contributed by atoms with E-state index < -0.39 is 11.2 Å². The van der Waals surface area contributed by atoms with Gasteiger partial charge in [-0.05, 0) is 19.3 Å². The lowest BCUT2D eigenvalue weighted by molar-refractivity contribution is -0.138. The quantitative estimate of drug-likeness (QED) is 0.845. The molecule has 2 aliphatic heterocycles. The maximum atomic E-state index is 12.5. The molecule has 0 saturated carbocycles. The molecule has 0 aliphatic carbocycles. The fraction of sp³-hybridized carbons (Fsp3) is 0.846. The molecule has 2 aliphatic rings. The van der Waals surface area contributed by atoms with Crippen LogP contribution < -0.4 is 4.90 Å². The monoisotopic (exact) mass is 337 g/mol. The fourth-order valence-electron chi connectivity index (χ4n) is 2.66. The summed E-state index contributed by atoms with van der Waals surface area (Å²) in [5, 5.41) is 6.34. The zero-order valence-electron chi connectivity index (χ0n) is 12.0. The second kappa shape index (κ2) is 6.67. The third kappa shape index (κ3) is 3.88. The molecule has 0 aromatic carbocycles. The van der Waals surface area contributed by atoms with Crippen LogP contribution in [0.15, 0.2) is 0 Å². The molecule has 124 valence electrons. The number of piperidine rings is 1. The van der Waals surface area contributed by atoms with Crippen LogP contribution in [0.3, 0.4) is 0 Å². The Morgan fingerprint density at radius 3 is 2.59 bits per heavy atom. The van der Waals surface area contributed by atoms with E-state index in [1.54, 1.807) is 0 Å². The van der Waals surface area contributed by atoms with E-state index in [-0.39, 0.29) is 6.10 Å². The van der Waals surface area contributed by atoms with Crippen molar-refractivity contribution < 1.29 is 22.6 Å². The predicted octanol–water partition coefficient (Wildman–Crippen LogP) is 2.58. The SMILES string of the molecule is FC(F)(F)c1nnc(N2CCC(OCC3CCOC3)CC2)s1. The summed E-state index contributed by atoms with van der Waals surface area (Å²) < 4.78 is 48.8. The van der Waals surface area contributed by atoms with Gasteiger partial charge in [-0.2, -0.15) is 13.2 Å². The molecule has 3 rings (SSSR count). The number of ether oxygens (including phenoxy) is 2. The van der Waals surface area contributed by atoms with Crippen molar-refractivity contribution >= 4 is 16.5 Å². The van der Waals surface area contributed by atoms with Crippen LogP contribution >= 0.6 is 11.3 Å². The van der Waals surface area contributed by atoms with Gasteiger partial charge in [0, 0.05) is 25.6 Å². The maximum absolute atomic E-state index is 12.5. The van der Waals surface area contributed by atoms with Crippen LogP contribution in [0.5, 0.6) is 0 Å². The molecule has 2 fully saturated rings. The zero-order valence-corrected chi connectivity index (χ0v) is 12.8. The normalized spacial score (nSPS) is 24.1. The highest BCUT2D eigenvalue weighted by Crippen LogP contribution is 2.35. The molecule has 1 aromatic heterocycles. The Morgan fingerprint density at radius 1 is 1.23 bits per heavy atom. The van der Waals surface area contributed by atoms with Crippen molar-refractivity contribution in [2.24, 2.45) is 5.92 Å². The molecule has 22 heavy (non-hydrogen) atoms. The molecule has 2 saturated heterocycles. The van der Waals surface area contributed by atoms with Crippen molar-refractivity contribution in [3.05, 3.63) is 5.01 Å². The van der Waals surface area contributed by atoms with Gasteiger partial charge in [0.25, 0.3) is 0 Å². The van der Waals surface area contributed by atoms with Gasteiger partial charge < -0.3 is 14.4 Å². The van der Waals surface area contributed by atoms with E-state index in [2.05, 4.69) is 10.2 Å². The Balaban J connectivity index is 1.46. The molecule has 0 spiro atoms. The number of alkyl halides is 3. The van der Waals surface area contributed by atoms with E-state index in [9.17, 15) is 13.2 Å². The van der Waals surface area contributed by atoms with Crippen LogP contribution in [-0.4, -0.2) is 49.2 Å². The summed E-state index contributed by atoms with van der Waals surface area (Å²) in [6.45, 7) is 3.59. The summed E-state index contributed by atoms with van der Waals surface area (Å²) in [4.78, 5) is 1.85. The molecule has 0 radical (unpaired) electrons. The smallest absolute Gasteiger partial charge is 0.381 e. The second-order valence-electron chi connectivity index (χ2n) is 5.64. The molecule has 0 N–H and O–H groups in total. The molecule has 9 heteroatoms. The number of aromatic nitrogens is 2. The molecular weight excluding hydrogens is 319 g/mol. The number of halogens is 3. The van der Waals surface area contributed by atoms with E-state index >= 15 is 0 Å². The van der Waals surface area contributed by atoms with E-state index in [1.807, 2.05) is 4.90 Å². The molecule has 1 atom stereocenters. The molecule has 5 nitrogen and oxygen atoms in total. The van der Waals surface area contributed by atoms with Crippen molar-refractivity contribution in [1.82, 2.24) is 10.2 Å². The van der Waals surface area contributed by atoms with Gasteiger partial charge in [0.05, 0.1) is 19.3 Å². The van der Waals surface area contributed by atoms with Crippen LogP contribution in [0.1, 0.15) is 24.3 Å². The molecule has 3 heterocycles. The first-order chi connectivity index (χ1) is 10.5. The first-order valence-corrected chi connectivity index (χ1v) is 8.19. The van der Waals surface area contributed by atoms with Crippen molar-refractivity contribution in [3.63, 3.8) is 0 Å². The minimum atomic E-state index is -4.42. The standard InChI is InChI=1S/C13H18F3N3O2S/c14-13(15,16)11-17-18-12(22-11)19-4-1-10(2-5-19)21-8-9-3-6-20-7-9/h9-10H,1-8H2. The van der Waals surface area contributed by atoms with Gasteiger partial charge in [0.1, 0.15) is 0 Å². The van der Waals surface area contributed by atoms with Crippen LogP contribution in [0.4, 0.5) is 18.3 Å². The third-order valence-corrected chi connectivity index (χ3v) is 4.99. The lowest BCUT2D eigenvalue weighted by atomic mass is 10.1. The summed E-state index contributed by atoms with van der Waals surface area (Å²) in [6.07, 6.45) is -1.60. The Kier molecular flexibility index (Phi) is 4.84. The largest absolute Gasteiger partial charge is 0.445 e. The summed E-state index contributed by atoms with van der Waals surface area (Å²) >= 11 is 0.603. The highest BCUT2D eigenvalue weighted by Gasteiger charge is 2.36. The van der Waals surface area contributed by atoms with Crippen LogP contribution in [-0.2, 0) is 15.7 Å². The lowest BCUT2D eigenvalue weighted by Gasteiger charge is -2.31. The van der Waals surface area contributed by atoms with Gasteiger partial charge in [-0.15, -0.1) is 10.2 Å². The number of rotatable bonds is 4. The average Bonchev–Trinajstić information content (AvgIpc) is 3.16. The predicted molar refractivity (Wildman–Crippen MR) is 75.0 cm³/mol. The Hall–Kier alpha value is -0.930. The summed E-state index contributed by atoms with van der Waals surface area (Å²) in [6, 6.07) is 0. The van der Waals surface area contributed by atoms with Crippen molar-refractivity contribution in [2.75, 3.05) is 37.8 Å². The van der Waals surface area contributed by atoms with Gasteiger partial charge in [0.15, 0.2) is 0 Å². The minimum absolute atomic E-state index is 0.173. The second-order valence-corrected chi connectivity index (χ2v) is 6.59. The molecule has 1 unspecified atom stereocenters. The van der Waals surface area contributed by atoms with Crippen molar-refractivity contribution in [1.29, 1.82) is 0 Å². The van der Waals surface area contributed by atoms with Crippen LogP contribution in [0.25, 0.3) is 0 Å². The van der Waals surface area contributed by atoms with Crippen molar-refractivity contribution in [2.45, 2.75) is 31.5 Å². The Bertz CT molecular complexity index is 483. The average molecular weight is 337 g/mol. The van der Waals surface area contributed by atoms with E-state index in [4.69, 9.17) is 9.47 Å². The Morgan fingerprint density at radius 2 is 2.00 bits per heavy atom. The molecule has 1 aromatic rings. The zero-order chi connectivity index (χ0) is 15.6. The number of hydrogen-bond acceptors (Lipinski definition) is 6. The number of nitrogens with zero attached hydrogens (tertiary/aromatic N) is 3. The topological polar surface area (TPSA) is 47.5 Å². The maximum Gasteiger partial charge on any atom is 0.445 e. The van der Waals surface area contributed by atoms with Gasteiger partial charge in [-0.25, -0.2) is 0 Å². The first-order valence-electron chi connectivity index (χ1n) is 7.37. The summed E-state index contributed by atoms with van der Waals surface area (Å²) in [5.41, 5.74) is 0. The first kappa shape index (κ1) is 15.9.